The maximum absolute atomic E-state index is 13.3. The lowest BCUT2D eigenvalue weighted by Crippen LogP contribution is -2.40. The van der Waals surface area contributed by atoms with Gasteiger partial charge in [0.25, 0.3) is 5.56 Å². The number of alkyl halides is 3. The Kier molecular flexibility index (Phi) is 7.22. The molecule has 0 saturated heterocycles. The quantitative estimate of drug-likeness (QED) is 0.524. The summed E-state index contributed by atoms with van der Waals surface area (Å²) in [6.07, 6.45) is -6.26. The van der Waals surface area contributed by atoms with Crippen LogP contribution in [0.2, 0.25) is 0 Å². The number of hydrogen-bond acceptors (Lipinski definition) is 6. The molecule has 1 amide bonds. The van der Waals surface area contributed by atoms with Gasteiger partial charge >= 0.3 is 24.1 Å². The predicted molar refractivity (Wildman–Crippen MR) is 121 cm³/mol. The highest BCUT2D eigenvalue weighted by atomic mass is 19.4. The summed E-state index contributed by atoms with van der Waals surface area (Å²) >= 11 is 0. The average Bonchev–Trinajstić information content (AvgIpc) is 2.82. The molecule has 36 heavy (non-hydrogen) atoms. The maximum atomic E-state index is 13.3. The zero-order valence-corrected chi connectivity index (χ0v) is 19.2. The van der Waals surface area contributed by atoms with Gasteiger partial charge in [0.15, 0.2) is 0 Å². The van der Waals surface area contributed by atoms with Crippen LogP contribution >= 0.6 is 0 Å². The number of carboxylic acid groups (broad SMARTS) is 1. The highest BCUT2D eigenvalue weighted by Crippen LogP contribution is 2.33. The molecule has 3 aromatic rings. The SMILES string of the molecule is COC(=O)N(C)c1ccc(-n2cc(OC(=O)O)c(=O)n(Cc3cccc(C(F)(F)F)c3C)c2=O)cc1. The van der Waals surface area contributed by atoms with E-state index in [0.29, 0.717) is 10.3 Å². The van der Waals surface area contributed by atoms with Gasteiger partial charge in [0.05, 0.1) is 31.1 Å². The smallest absolute Gasteiger partial charge is 0.452 e. The first-order valence-corrected chi connectivity index (χ1v) is 10.2. The molecule has 1 N–H and O–H groups in total. The van der Waals surface area contributed by atoms with Crippen LogP contribution in [0.5, 0.6) is 5.75 Å². The fourth-order valence-corrected chi connectivity index (χ4v) is 3.48. The molecule has 3 rings (SSSR count). The number of amides is 1. The normalized spacial score (nSPS) is 11.2. The number of ether oxygens (including phenoxy) is 2. The van der Waals surface area contributed by atoms with E-state index in [9.17, 15) is 32.3 Å². The lowest BCUT2D eigenvalue weighted by atomic mass is 10.0. The van der Waals surface area contributed by atoms with Crippen molar-refractivity contribution in [2.75, 3.05) is 19.1 Å². The van der Waals surface area contributed by atoms with Crippen LogP contribution < -0.4 is 20.9 Å². The summed E-state index contributed by atoms with van der Waals surface area (Å²) < 4.78 is 50.6. The van der Waals surface area contributed by atoms with Crippen molar-refractivity contribution < 1.29 is 37.3 Å². The topological polar surface area (TPSA) is 120 Å². The molecular weight excluding hydrogens is 487 g/mol. The van der Waals surface area contributed by atoms with Crippen LogP contribution in [-0.2, 0) is 17.5 Å². The van der Waals surface area contributed by atoms with Crippen LogP contribution in [0.15, 0.2) is 58.3 Å². The summed E-state index contributed by atoms with van der Waals surface area (Å²) in [5.74, 6) is -0.734. The summed E-state index contributed by atoms with van der Waals surface area (Å²) in [5.41, 5.74) is -2.64. The van der Waals surface area contributed by atoms with E-state index in [-0.39, 0.29) is 16.8 Å². The molecule has 190 valence electrons. The second-order valence-corrected chi connectivity index (χ2v) is 7.54. The third kappa shape index (κ3) is 5.24. The van der Waals surface area contributed by atoms with Crippen LogP contribution in [0.25, 0.3) is 5.69 Å². The highest BCUT2D eigenvalue weighted by molar-refractivity contribution is 5.86. The molecule has 0 aliphatic carbocycles. The van der Waals surface area contributed by atoms with Gasteiger partial charge in [0.1, 0.15) is 0 Å². The number of hydrogen-bond donors (Lipinski definition) is 1. The first kappa shape index (κ1) is 26.1. The molecule has 0 radical (unpaired) electrons. The molecule has 0 saturated carbocycles. The maximum Gasteiger partial charge on any atom is 0.511 e. The first-order chi connectivity index (χ1) is 16.8. The van der Waals surface area contributed by atoms with Crippen molar-refractivity contribution in [3.8, 4) is 11.4 Å². The van der Waals surface area contributed by atoms with Crippen LogP contribution in [0.1, 0.15) is 16.7 Å². The number of nitrogens with zero attached hydrogens (tertiary/aromatic N) is 3. The highest BCUT2D eigenvalue weighted by Gasteiger charge is 2.33. The Balaban J connectivity index is 2.15. The van der Waals surface area contributed by atoms with Gasteiger partial charge in [0.2, 0.25) is 5.75 Å². The molecule has 0 fully saturated rings. The molecule has 10 nitrogen and oxygen atoms in total. The summed E-state index contributed by atoms with van der Waals surface area (Å²) in [4.78, 5) is 50.1. The van der Waals surface area contributed by atoms with Gasteiger partial charge in [0, 0.05) is 12.7 Å². The lowest BCUT2D eigenvalue weighted by molar-refractivity contribution is -0.138. The van der Waals surface area contributed by atoms with E-state index in [4.69, 9.17) is 5.11 Å². The Morgan fingerprint density at radius 1 is 1.08 bits per heavy atom. The van der Waals surface area contributed by atoms with Gasteiger partial charge in [-0.2, -0.15) is 13.2 Å². The minimum atomic E-state index is -4.65. The molecule has 0 spiro atoms. The molecule has 0 aliphatic heterocycles. The third-order valence-electron chi connectivity index (χ3n) is 5.38. The van der Waals surface area contributed by atoms with Gasteiger partial charge in [-0.15, -0.1) is 0 Å². The first-order valence-electron chi connectivity index (χ1n) is 10.2. The number of benzene rings is 2. The fraction of sp³-hybridized carbons (Fsp3) is 0.217. The Labute approximate surface area is 201 Å². The molecule has 1 heterocycles. The molecule has 0 atom stereocenters. The Hall–Kier alpha value is -4.55. The van der Waals surface area contributed by atoms with Crippen molar-refractivity contribution in [1.82, 2.24) is 9.13 Å². The van der Waals surface area contributed by atoms with E-state index in [0.717, 1.165) is 22.9 Å². The number of carbonyl (C=O) groups excluding carboxylic acids is 1. The predicted octanol–water partition coefficient (Wildman–Crippen LogP) is 3.63. The van der Waals surface area contributed by atoms with E-state index >= 15 is 0 Å². The largest absolute Gasteiger partial charge is 0.511 e. The molecule has 0 bridgehead atoms. The van der Waals surface area contributed by atoms with Crippen molar-refractivity contribution in [3.63, 3.8) is 0 Å². The van der Waals surface area contributed by atoms with Crippen molar-refractivity contribution in [1.29, 1.82) is 0 Å². The minimum absolute atomic E-state index is 0.0260. The molecule has 13 heteroatoms. The Morgan fingerprint density at radius 2 is 1.72 bits per heavy atom. The average molecular weight is 507 g/mol. The van der Waals surface area contributed by atoms with Crippen molar-refractivity contribution in [3.05, 3.63) is 86.2 Å². The zero-order valence-electron chi connectivity index (χ0n) is 19.2. The molecule has 1 aromatic heterocycles. The van der Waals surface area contributed by atoms with Crippen LogP contribution in [0.4, 0.5) is 28.4 Å². The van der Waals surface area contributed by atoms with Crippen molar-refractivity contribution >= 4 is 17.9 Å². The lowest BCUT2D eigenvalue weighted by Gasteiger charge is -2.17. The second kappa shape index (κ2) is 9.98. The van der Waals surface area contributed by atoms with E-state index < -0.39 is 47.5 Å². The van der Waals surface area contributed by atoms with Gasteiger partial charge in [-0.1, -0.05) is 12.1 Å². The van der Waals surface area contributed by atoms with E-state index in [1.54, 1.807) is 0 Å². The summed E-state index contributed by atoms with van der Waals surface area (Å²) in [6, 6.07) is 9.07. The minimum Gasteiger partial charge on any atom is -0.452 e. The molecular formula is C23H20F3N3O7. The number of aromatic nitrogens is 2. The van der Waals surface area contributed by atoms with Crippen molar-refractivity contribution in [2.24, 2.45) is 0 Å². The Morgan fingerprint density at radius 3 is 2.28 bits per heavy atom. The summed E-state index contributed by atoms with van der Waals surface area (Å²) in [6.45, 7) is 0.628. The molecule has 0 aliphatic rings. The second-order valence-electron chi connectivity index (χ2n) is 7.54. The van der Waals surface area contributed by atoms with Gasteiger partial charge in [-0.25, -0.2) is 14.4 Å². The number of halogens is 3. The van der Waals surface area contributed by atoms with E-state index in [2.05, 4.69) is 9.47 Å². The van der Waals surface area contributed by atoms with E-state index in [1.165, 1.54) is 56.3 Å². The fourth-order valence-electron chi connectivity index (χ4n) is 3.48. The summed E-state index contributed by atoms with van der Waals surface area (Å²) in [7, 11) is 2.65. The third-order valence-corrected chi connectivity index (χ3v) is 5.38. The van der Waals surface area contributed by atoms with Crippen LogP contribution in [-0.4, -0.2) is 40.6 Å². The number of anilines is 1. The number of rotatable bonds is 5. The zero-order chi connectivity index (χ0) is 26.8. The monoisotopic (exact) mass is 507 g/mol. The van der Waals surface area contributed by atoms with Crippen molar-refractivity contribution in [2.45, 2.75) is 19.6 Å². The van der Waals surface area contributed by atoms with Crippen LogP contribution in [0, 0.1) is 6.92 Å². The molecule has 0 unspecified atom stereocenters. The molecule has 2 aromatic carbocycles. The number of carbonyl (C=O) groups is 2. The number of methoxy groups -OCH3 is 1. The van der Waals surface area contributed by atoms with Gasteiger partial charge in [-0.05, 0) is 48.4 Å². The van der Waals surface area contributed by atoms with Gasteiger partial charge in [-0.3, -0.25) is 18.8 Å². The Bertz CT molecular complexity index is 1430. The van der Waals surface area contributed by atoms with E-state index in [1.807, 2.05) is 0 Å². The van der Waals surface area contributed by atoms with Crippen LogP contribution in [0.3, 0.4) is 0 Å². The summed E-state index contributed by atoms with van der Waals surface area (Å²) in [5, 5.41) is 9.01. The standard InChI is InChI=1S/C23H20F3N3O7/c1-13-14(5-4-6-17(13)23(24,25)26)11-29-19(30)18(36-22(33)34)12-28(20(29)31)16-9-7-15(8-10-16)27(2)21(32)35-3/h4-10,12H,11H2,1-3H3,(H,33,34). The van der Waals surface area contributed by atoms with Gasteiger partial charge < -0.3 is 14.6 Å².